The number of benzene rings is 1. The average molecular weight is 257 g/mol. The lowest BCUT2D eigenvalue weighted by molar-refractivity contribution is 0.0946. The third kappa shape index (κ3) is 1.50. The molecule has 0 aliphatic carbocycles. The van der Waals surface area contributed by atoms with Gasteiger partial charge in [0.25, 0.3) is 0 Å². The van der Waals surface area contributed by atoms with E-state index >= 15 is 0 Å². The molecule has 0 N–H and O–H groups in total. The van der Waals surface area contributed by atoms with Crippen LogP contribution in [0.3, 0.4) is 0 Å². The standard InChI is InChI=1S/C10H9BrO3/c1-13-6-2-3-7-9(4-6)14-5-8(11)10(7)12/h2-4,8H,5H2,1H3. The fourth-order valence-electron chi connectivity index (χ4n) is 1.36. The van der Waals surface area contributed by atoms with Gasteiger partial charge >= 0.3 is 0 Å². The molecule has 0 amide bonds. The zero-order valence-electron chi connectivity index (χ0n) is 7.62. The Morgan fingerprint density at radius 2 is 2.36 bits per heavy atom. The normalized spacial score (nSPS) is 19.9. The molecule has 0 saturated carbocycles. The van der Waals surface area contributed by atoms with Crippen molar-refractivity contribution in [3.8, 4) is 11.5 Å². The van der Waals surface area contributed by atoms with E-state index in [0.717, 1.165) is 0 Å². The highest BCUT2D eigenvalue weighted by Gasteiger charge is 2.26. The number of alkyl halides is 1. The van der Waals surface area contributed by atoms with Crippen LogP contribution in [0.1, 0.15) is 10.4 Å². The van der Waals surface area contributed by atoms with Gasteiger partial charge in [0.2, 0.25) is 0 Å². The molecular formula is C10H9BrO3. The van der Waals surface area contributed by atoms with Crippen molar-refractivity contribution in [3.63, 3.8) is 0 Å². The highest BCUT2D eigenvalue weighted by atomic mass is 79.9. The predicted octanol–water partition coefficient (Wildman–Crippen LogP) is 2.03. The first-order valence-corrected chi connectivity index (χ1v) is 5.13. The number of hydrogen-bond donors (Lipinski definition) is 0. The molecule has 0 spiro atoms. The van der Waals surface area contributed by atoms with Crippen LogP contribution in [-0.2, 0) is 0 Å². The average Bonchev–Trinajstić information content (AvgIpc) is 2.23. The molecule has 0 fully saturated rings. The van der Waals surface area contributed by atoms with Gasteiger partial charge < -0.3 is 9.47 Å². The molecule has 1 atom stereocenters. The molecule has 14 heavy (non-hydrogen) atoms. The number of Topliss-reactive ketones (excluding diaryl/α,β-unsaturated/α-hetero) is 1. The lowest BCUT2D eigenvalue weighted by Crippen LogP contribution is -2.27. The molecule has 0 radical (unpaired) electrons. The Morgan fingerprint density at radius 1 is 1.57 bits per heavy atom. The van der Waals surface area contributed by atoms with Crippen LogP contribution in [0.15, 0.2) is 18.2 Å². The Labute approximate surface area is 90.1 Å². The van der Waals surface area contributed by atoms with Crippen molar-refractivity contribution in [2.45, 2.75) is 4.83 Å². The maximum Gasteiger partial charge on any atom is 0.183 e. The highest BCUT2D eigenvalue weighted by molar-refractivity contribution is 9.10. The zero-order valence-corrected chi connectivity index (χ0v) is 9.21. The molecule has 1 aromatic carbocycles. The van der Waals surface area contributed by atoms with Gasteiger partial charge in [-0.3, -0.25) is 4.79 Å². The molecule has 1 unspecified atom stereocenters. The first-order chi connectivity index (χ1) is 6.72. The van der Waals surface area contributed by atoms with Crippen molar-refractivity contribution < 1.29 is 14.3 Å². The van der Waals surface area contributed by atoms with E-state index in [1.165, 1.54) is 0 Å². The van der Waals surface area contributed by atoms with E-state index < -0.39 is 0 Å². The number of hydrogen-bond acceptors (Lipinski definition) is 3. The number of ketones is 1. The molecule has 2 rings (SSSR count). The summed E-state index contributed by atoms with van der Waals surface area (Å²) in [5.41, 5.74) is 0.610. The van der Waals surface area contributed by atoms with Crippen molar-refractivity contribution >= 4 is 21.7 Å². The Morgan fingerprint density at radius 3 is 3.07 bits per heavy atom. The van der Waals surface area contributed by atoms with Crippen LogP contribution in [0.2, 0.25) is 0 Å². The van der Waals surface area contributed by atoms with Gasteiger partial charge in [0.1, 0.15) is 22.9 Å². The summed E-state index contributed by atoms with van der Waals surface area (Å²) < 4.78 is 10.4. The molecule has 1 aliphatic rings. The van der Waals surface area contributed by atoms with Gasteiger partial charge in [-0.2, -0.15) is 0 Å². The van der Waals surface area contributed by atoms with E-state index in [1.807, 2.05) is 0 Å². The second-order valence-electron chi connectivity index (χ2n) is 3.00. The number of fused-ring (bicyclic) bond motifs is 1. The van der Waals surface area contributed by atoms with Crippen LogP contribution in [0.5, 0.6) is 11.5 Å². The van der Waals surface area contributed by atoms with Crippen molar-refractivity contribution in [2.75, 3.05) is 13.7 Å². The third-order valence-corrected chi connectivity index (χ3v) is 2.80. The monoisotopic (exact) mass is 256 g/mol. The molecule has 1 aromatic rings. The largest absolute Gasteiger partial charge is 0.497 e. The topological polar surface area (TPSA) is 35.5 Å². The maximum absolute atomic E-state index is 11.6. The molecule has 74 valence electrons. The van der Waals surface area contributed by atoms with Gasteiger partial charge in [-0.05, 0) is 12.1 Å². The molecule has 4 heteroatoms. The summed E-state index contributed by atoms with van der Waals surface area (Å²) in [5.74, 6) is 1.36. The first-order valence-electron chi connectivity index (χ1n) is 4.21. The van der Waals surface area contributed by atoms with Crippen LogP contribution in [-0.4, -0.2) is 24.3 Å². The first kappa shape index (κ1) is 9.52. The summed E-state index contributed by atoms with van der Waals surface area (Å²) in [6.45, 7) is 0.374. The summed E-state index contributed by atoms with van der Waals surface area (Å²) in [7, 11) is 1.58. The molecule has 1 heterocycles. The Hall–Kier alpha value is -1.03. The predicted molar refractivity (Wildman–Crippen MR) is 55.5 cm³/mol. The minimum absolute atomic E-state index is 0.0638. The summed E-state index contributed by atoms with van der Waals surface area (Å²) in [6, 6.07) is 5.21. The van der Waals surface area contributed by atoms with E-state index in [-0.39, 0.29) is 10.6 Å². The minimum Gasteiger partial charge on any atom is -0.497 e. The molecule has 0 bridgehead atoms. The Balaban J connectivity index is 2.44. The van der Waals surface area contributed by atoms with Gasteiger partial charge in [-0.1, -0.05) is 15.9 Å². The van der Waals surface area contributed by atoms with Gasteiger partial charge in [0.05, 0.1) is 12.7 Å². The maximum atomic E-state index is 11.6. The summed E-state index contributed by atoms with van der Waals surface area (Å²) >= 11 is 3.25. The number of rotatable bonds is 1. The number of carbonyl (C=O) groups excluding carboxylic acids is 1. The van der Waals surface area contributed by atoms with Crippen molar-refractivity contribution in [1.82, 2.24) is 0 Å². The number of ether oxygens (including phenoxy) is 2. The highest BCUT2D eigenvalue weighted by Crippen LogP contribution is 2.30. The fraction of sp³-hybridized carbons (Fsp3) is 0.300. The quantitative estimate of drug-likeness (QED) is 0.722. The Bertz CT molecular complexity index is 376. The number of halogens is 1. The molecule has 0 aromatic heterocycles. The van der Waals surface area contributed by atoms with E-state index in [9.17, 15) is 4.79 Å². The molecule has 1 aliphatic heterocycles. The number of carbonyl (C=O) groups is 1. The zero-order chi connectivity index (χ0) is 10.1. The van der Waals surface area contributed by atoms with Gasteiger partial charge in [-0.25, -0.2) is 0 Å². The van der Waals surface area contributed by atoms with E-state index in [0.29, 0.717) is 23.7 Å². The van der Waals surface area contributed by atoms with Gasteiger partial charge in [0.15, 0.2) is 5.78 Å². The van der Waals surface area contributed by atoms with Crippen molar-refractivity contribution in [3.05, 3.63) is 23.8 Å². The van der Waals surface area contributed by atoms with Crippen LogP contribution < -0.4 is 9.47 Å². The molecular weight excluding hydrogens is 248 g/mol. The lowest BCUT2D eigenvalue weighted by Gasteiger charge is -2.20. The van der Waals surface area contributed by atoms with Crippen LogP contribution in [0.4, 0.5) is 0 Å². The van der Waals surface area contributed by atoms with E-state index in [4.69, 9.17) is 9.47 Å². The summed E-state index contributed by atoms with van der Waals surface area (Å²) in [6.07, 6.45) is 0. The Kier molecular flexibility index (Phi) is 2.46. The van der Waals surface area contributed by atoms with Gasteiger partial charge in [-0.15, -0.1) is 0 Å². The summed E-state index contributed by atoms with van der Waals surface area (Å²) in [5, 5.41) is 0. The third-order valence-electron chi connectivity index (χ3n) is 2.12. The summed E-state index contributed by atoms with van der Waals surface area (Å²) in [4.78, 5) is 11.4. The van der Waals surface area contributed by atoms with Crippen molar-refractivity contribution in [1.29, 1.82) is 0 Å². The smallest absolute Gasteiger partial charge is 0.183 e. The van der Waals surface area contributed by atoms with E-state index in [1.54, 1.807) is 25.3 Å². The second-order valence-corrected chi connectivity index (χ2v) is 4.11. The van der Waals surface area contributed by atoms with Crippen LogP contribution in [0, 0.1) is 0 Å². The minimum atomic E-state index is -0.233. The van der Waals surface area contributed by atoms with Crippen LogP contribution >= 0.6 is 15.9 Å². The number of methoxy groups -OCH3 is 1. The molecule has 3 nitrogen and oxygen atoms in total. The fourth-order valence-corrected chi connectivity index (χ4v) is 1.74. The lowest BCUT2D eigenvalue weighted by atomic mass is 10.1. The van der Waals surface area contributed by atoms with Crippen molar-refractivity contribution in [2.24, 2.45) is 0 Å². The van der Waals surface area contributed by atoms with E-state index in [2.05, 4.69) is 15.9 Å². The second kappa shape index (κ2) is 3.61. The van der Waals surface area contributed by atoms with Crippen LogP contribution in [0.25, 0.3) is 0 Å². The van der Waals surface area contributed by atoms with Gasteiger partial charge in [0, 0.05) is 6.07 Å². The SMILES string of the molecule is COc1ccc2c(c1)OCC(Br)C2=O. The molecule has 0 saturated heterocycles.